The fraction of sp³-hybridized carbons (Fsp3) is 0.634. The summed E-state index contributed by atoms with van der Waals surface area (Å²) in [6.45, 7) is 3.08. The number of sulfonamides is 1. The van der Waals surface area contributed by atoms with E-state index in [1.807, 2.05) is 30.3 Å². The van der Waals surface area contributed by atoms with Crippen LogP contribution in [0.3, 0.4) is 0 Å². The summed E-state index contributed by atoms with van der Waals surface area (Å²) in [7, 11) is -4.10. The third kappa shape index (κ3) is 6.68. The molecule has 3 aliphatic carbocycles. The topological polar surface area (TPSA) is 175 Å². The highest BCUT2D eigenvalue weighted by atomic mass is 32.2. The molecule has 314 valence electrons. The van der Waals surface area contributed by atoms with Gasteiger partial charge >= 0.3 is 12.3 Å². The normalized spacial score (nSPS) is 31.1. The second-order valence-electron chi connectivity index (χ2n) is 17.6. The number of carboxylic acid groups (broad SMARTS) is 1. The van der Waals surface area contributed by atoms with Gasteiger partial charge in [-0.3, -0.25) is 24.0 Å². The van der Waals surface area contributed by atoms with Crippen LogP contribution in [0.2, 0.25) is 0 Å². The summed E-state index contributed by atoms with van der Waals surface area (Å²) in [5.41, 5.74) is -3.45. The number of aromatic nitrogens is 1. The Bertz CT molecular complexity index is 2190. The number of para-hydroxylation sites is 1. The molecule has 3 aliphatic heterocycles. The number of rotatable bonds is 5. The molecule has 4 heterocycles. The second kappa shape index (κ2) is 14.1. The average molecular weight is 830 g/mol. The van der Waals surface area contributed by atoms with E-state index >= 15 is 18.0 Å². The number of amides is 4. The van der Waals surface area contributed by atoms with Crippen LogP contribution >= 0.6 is 0 Å². The molecule has 13 nitrogen and oxygen atoms in total. The van der Waals surface area contributed by atoms with Gasteiger partial charge in [-0.1, -0.05) is 56.0 Å². The van der Waals surface area contributed by atoms with E-state index < -0.39 is 92.3 Å². The fourth-order valence-electron chi connectivity index (χ4n) is 9.96. The Morgan fingerprint density at radius 3 is 2.45 bits per heavy atom. The minimum Gasteiger partial charge on any atom is -0.483 e. The monoisotopic (exact) mass is 829 g/mol. The molecule has 0 unspecified atom stereocenters. The average Bonchev–Trinajstić information content (AvgIpc) is 3.96. The van der Waals surface area contributed by atoms with Gasteiger partial charge in [0.05, 0.1) is 22.5 Å². The van der Waals surface area contributed by atoms with Crippen LogP contribution in [0, 0.1) is 12.8 Å². The lowest BCUT2D eigenvalue weighted by molar-refractivity contribution is -0.230. The Kier molecular flexibility index (Phi) is 9.82. The Morgan fingerprint density at radius 2 is 1.76 bits per heavy atom. The molecule has 1 aromatic heterocycles. The third-order valence-corrected chi connectivity index (χ3v) is 16.0. The molecular formula is C41H50F3N5O8S. The molecule has 4 amide bonds. The summed E-state index contributed by atoms with van der Waals surface area (Å²) < 4.78 is 79.8. The zero-order valence-corrected chi connectivity index (χ0v) is 33.5. The lowest BCUT2D eigenvalue weighted by Gasteiger charge is -2.45. The molecule has 17 heteroatoms. The van der Waals surface area contributed by atoms with Crippen molar-refractivity contribution in [3.05, 3.63) is 47.7 Å². The molecule has 1 saturated heterocycles. The quantitative estimate of drug-likeness (QED) is 0.314. The van der Waals surface area contributed by atoms with Crippen molar-refractivity contribution in [2.45, 2.75) is 150 Å². The molecule has 1 spiro atoms. The van der Waals surface area contributed by atoms with Crippen molar-refractivity contribution in [3.63, 3.8) is 0 Å². The maximum atomic E-state index is 15.2. The molecule has 0 bridgehead atoms. The summed E-state index contributed by atoms with van der Waals surface area (Å²) in [5.74, 6) is -2.74. The Balaban J connectivity index is 1.20. The number of ether oxygens (including phenoxy) is 1. The zero-order valence-electron chi connectivity index (χ0n) is 32.7. The lowest BCUT2D eigenvalue weighted by Crippen LogP contribution is -2.66. The smallest absolute Gasteiger partial charge is 0.411 e. The fourth-order valence-corrected chi connectivity index (χ4v) is 11.3. The maximum absolute atomic E-state index is 15.2. The molecule has 3 N–H and O–H groups in total. The minimum absolute atomic E-state index is 0.0877. The van der Waals surface area contributed by atoms with Crippen LogP contribution in [0.25, 0.3) is 10.9 Å². The molecule has 8 rings (SSSR count). The van der Waals surface area contributed by atoms with Gasteiger partial charge in [-0.15, -0.1) is 0 Å². The molecule has 58 heavy (non-hydrogen) atoms. The van der Waals surface area contributed by atoms with E-state index in [0.717, 1.165) is 21.4 Å². The van der Waals surface area contributed by atoms with Crippen LogP contribution in [0.15, 0.2) is 36.4 Å². The highest BCUT2D eigenvalue weighted by molar-refractivity contribution is 7.91. The van der Waals surface area contributed by atoms with E-state index in [1.165, 1.54) is 6.92 Å². The van der Waals surface area contributed by atoms with E-state index in [2.05, 4.69) is 10.0 Å². The predicted octanol–water partition coefficient (Wildman–Crippen LogP) is 5.83. The molecule has 2 aromatic rings. The number of hydrogen-bond acceptors (Lipinski definition) is 8. The number of aryl methyl sites for hydroxylation is 2. The van der Waals surface area contributed by atoms with Crippen LogP contribution in [0.4, 0.5) is 18.0 Å². The van der Waals surface area contributed by atoms with Gasteiger partial charge in [0.1, 0.15) is 34.5 Å². The predicted molar refractivity (Wildman–Crippen MR) is 205 cm³/mol. The van der Waals surface area contributed by atoms with Crippen molar-refractivity contribution in [1.29, 1.82) is 0 Å². The Morgan fingerprint density at radius 1 is 1.03 bits per heavy atom. The first-order valence-corrected chi connectivity index (χ1v) is 21.9. The zero-order chi connectivity index (χ0) is 41.5. The van der Waals surface area contributed by atoms with Gasteiger partial charge in [-0.05, 0) is 84.1 Å². The van der Waals surface area contributed by atoms with E-state index in [9.17, 15) is 27.9 Å². The molecule has 5 atom stereocenters. The number of nitrogens with zero attached hydrogens (tertiary/aromatic N) is 3. The van der Waals surface area contributed by atoms with Crippen molar-refractivity contribution in [2.75, 3.05) is 6.54 Å². The van der Waals surface area contributed by atoms with Gasteiger partial charge in [0.2, 0.25) is 21.8 Å². The van der Waals surface area contributed by atoms with Crippen LogP contribution in [0.5, 0.6) is 5.75 Å². The summed E-state index contributed by atoms with van der Waals surface area (Å²) in [4.78, 5) is 63.2. The van der Waals surface area contributed by atoms with Crippen LogP contribution < -0.4 is 14.8 Å². The summed E-state index contributed by atoms with van der Waals surface area (Å²) in [6, 6.07) is 4.40. The van der Waals surface area contributed by atoms with E-state index in [-0.39, 0.29) is 45.1 Å². The first-order valence-electron chi connectivity index (χ1n) is 20.4. The number of nitrogens with one attached hydrogen (secondary N) is 2. The summed E-state index contributed by atoms with van der Waals surface area (Å²) in [6.07, 6.45) is -0.899. The number of hydrogen-bond donors (Lipinski definition) is 3. The van der Waals surface area contributed by atoms with Crippen LogP contribution in [-0.4, -0.2) is 98.4 Å². The number of fused-ring (bicyclic) bond motifs is 5. The van der Waals surface area contributed by atoms with Crippen LogP contribution in [0.1, 0.15) is 108 Å². The summed E-state index contributed by atoms with van der Waals surface area (Å²) in [5, 5.41) is 14.3. The van der Waals surface area contributed by atoms with Gasteiger partial charge in [-0.25, -0.2) is 18.2 Å². The van der Waals surface area contributed by atoms with Crippen molar-refractivity contribution in [3.8, 4) is 5.75 Å². The number of carbonyl (C=O) groups is 4. The second-order valence-corrected chi connectivity index (χ2v) is 19.8. The summed E-state index contributed by atoms with van der Waals surface area (Å²) >= 11 is 0. The number of allylic oxidation sites excluding steroid dienone is 1. The number of benzene rings is 1. The van der Waals surface area contributed by atoms with Crippen molar-refractivity contribution in [2.24, 2.45) is 5.92 Å². The largest absolute Gasteiger partial charge is 0.483 e. The van der Waals surface area contributed by atoms with E-state index in [4.69, 9.17) is 9.72 Å². The Hall–Kier alpha value is -4.41. The number of pyridine rings is 1. The van der Waals surface area contributed by atoms with Gasteiger partial charge < -0.3 is 20.1 Å². The van der Waals surface area contributed by atoms with Crippen molar-refractivity contribution >= 4 is 44.7 Å². The maximum Gasteiger partial charge on any atom is 0.411 e. The molecular weight excluding hydrogens is 780 g/mol. The molecule has 1 aromatic carbocycles. The highest BCUT2D eigenvalue weighted by Crippen LogP contribution is 2.51. The van der Waals surface area contributed by atoms with E-state index in [1.54, 1.807) is 13.0 Å². The lowest BCUT2D eigenvalue weighted by atomic mass is 9.87. The Labute approximate surface area is 335 Å². The van der Waals surface area contributed by atoms with Gasteiger partial charge in [0.25, 0.3) is 5.91 Å². The number of alkyl halides is 3. The SMILES string of the molecule is Cc1nc2ccccc2c2c1O[C@]1(CC2)C[C@H]2C(=O)N[C@]3(C(=O)NS(=O)(=O)C4(C)CC4)C[C@H]3/C=C\CCCCC[C@H](N(C(=O)O)C3(C(F)(F)F)CCCC3)C(=O)N2C1. The number of carbonyl (C=O) groups excluding carboxylic acids is 3. The first-order chi connectivity index (χ1) is 27.4. The van der Waals surface area contributed by atoms with Crippen molar-refractivity contribution in [1.82, 2.24) is 24.8 Å². The minimum atomic E-state index is -4.98. The van der Waals surface area contributed by atoms with Gasteiger partial charge in [0, 0.05) is 23.3 Å². The molecule has 3 saturated carbocycles. The highest BCUT2D eigenvalue weighted by Gasteiger charge is 2.66. The third-order valence-electron chi connectivity index (χ3n) is 13.8. The number of halogens is 3. The molecule has 0 radical (unpaired) electrons. The standard InChI is InChI=1S/C41H50F3N5O8S/c1-25-32-28(27-13-8-9-14-29(27)45-25)16-19-38(57-32)23-31-33(50)46-40(35(52)47-58(55,56)37(2)20-21-37)22-26(40)12-6-4-3-5-7-15-30(34(51)48(31)24-38)49(36(53)54)39(41(42,43)44)17-10-11-18-39/h6,8-9,12-14,26,30-31H,3-5,7,10-11,15-24H2,1-2H3,(H,46,50)(H,47,52)(H,53,54)/b12-6-/t26-,30+,31+,38-,40-/m1/s1. The van der Waals surface area contributed by atoms with Crippen molar-refractivity contribution < 1.29 is 50.6 Å². The van der Waals surface area contributed by atoms with Gasteiger partial charge in [-0.2, -0.15) is 13.2 Å². The van der Waals surface area contributed by atoms with Crippen LogP contribution in [-0.2, 0) is 30.8 Å². The van der Waals surface area contributed by atoms with Gasteiger partial charge in [0.15, 0.2) is 0 Å². The molecule has 6 aliphatic rings. The first kappa shape index (κ1) is 40.4. The van der Waals surface area contributed by atoms with E-state index in [0.29, 0.717) is 61.3 Å². The molecule has 4 fully saturated rings.